The van der Waals surface area contributed by atoms with Crippen LogP contribution in [0.4, 0.5) is 0 Å². The molecule has 4 nitrogen and oxygen atoms in total. The largest absolute Gasteiger partial charge is 0.494 e. The van der Waals surface area contributed by atoms with Crippen LogP contribution in [0.15, 0.2) is 48.5 Å². The maximum atomic E-state index is 10.5. The summed E-state index contributed by atoms with van der Waals surface area (Å²) < 4.78 is 5.62. The summed E-state index contributed by atoms with van der Waals surface area (Å²) in [4.78, 5) is 10.5. The van der Waals surface area contributed by atoms with Crippen LogP contribution in [-0.2, 0) is 11.2 Å². The lowest BCUT2D eigenvalue weighted by Crippen LogP contribution is -1.98. The van der Waals surface area contributed by atoms with Crippen LogP contribution in [0.2, 0.25) is 0 Å². The minimum absolute atomic E-state index is 0.203. The van der Waals surface area contributed by atoms with E-state index in [1.54, 1.807) is 0 Å². The Hall–Kier alpha value is -2.33. The van der Waals surface area contributed by atoms with Gasteiger partial charge in [0.05, 0.1) is 6.61 Å². The van der Waals surface area contributed by atoms with E-state index in [1.807, 2.05) is 24.3 Å². The Labute approximate surface area is 142 Å². The molecule has 0 aliphatic rings. The Morgan fingerprint density at radius 2 is 1.50 bits per heavy atom. The molecule has 0 radical (unpaired) electrons. The lowest BCUT2D eigenvalue weighted by molar-refractivity contribution is -0.137. The predicted molar refractivity (Wildman–Crippen MR) is 94.3 cm³/mol. The van der Waals surface area contributed by atoms with E-state index in [9.17, 15) is 4.79 Å². The molecular weight excluding hydrogens is 304 g/mol. The molecule has 0 amide bonds. The van der Waals surface area contributed by atoms with Gasteiger partial charge in [-0.05, 0) is 54.5 Å². The number of hydrogen-bond acceptors (Lipinski definition) is 3. The number of carboxylic acid groups (broad SMARTS) is 1. The van der Waals surface area contributed by atoms with Gasteiger partial charge in [0, 0.05) is 13.0 Å². The molecule has 2 N–H and O–H groups in total. The number of unbranched alkanes of at least 4 members (excludes halogenated alkanes) is 1. The zero-order valence-corrected chi connectivity index (χ0v) is 13.8. The minimum atomic E-state index is -0.745. The summed E-state index contributed by atoms with van der Waals surface area (Å²) in [5.41, 5.74) is 3.41. The van der Waals surface area contributed by atoms with Crippen molar-refractivity contribution in [3.8, 4) is 16.9 Å². The Bertz CT molecular complexity index is 617. The van der Waals surface area contributed by atoms with Crippen LogP contribution in [0, 0.1) is 0 Å². The molecule has 0 unspecified atom stereocenters. The molecule has 0 saturated heterocycles. The molecule has 2 aromatic rings. The number of benzene rings is 2. The van der Waals surface area contributed by atoms with Crippen LogP contribution in [0.5, 0.6) is 5.75 Å². The summed E-state index contributed by atoms with van der Waals surface area (Å²) >= 11 is 0. The first kappa shape index (κ1) is 18.0. The van der Waals surface area contributed by atoms with Crippen molar-refractivity contribution in [1.29, 1.82) is 0 Å². The van der Waals surface area contributed by atoms with E-state index in [1.165, 1.54) is 0 Å². The van der Waals surface area contributed by atoms with E-state index in [2.05, 4.69) is 24.3 Å². The van der Waals surface area contributed by atoms with Crippen molar-refractivity contribution < 1.29 is 19.7 Å². The van der Waals surface area contributed by atoms with Gasteiger partial charge in [0.2, 0.25) is 0 Å². The summed E-state index contributed by atoms with van der Waals surface area (Å²) in [5.74, 6) is 0.0901. The molecule has 128 valence electrons. The maximum absolute atomic E-state index is 10.5. The zero-order chi connectivity index (χ0) is 17.2. The number of aliphatic carboxylic acids is 1. The summed E-state index contributed by atoms with van der Waals surface area (Å²) in [5, 5.41) is 17.4. The highest BCUT2D eigenvalue weighted by Gasteiger charge is 2.01. The number of aliphatic hydroxyl groups excluding tert-OH is 1. The lowest BCUT2D eigenvalue weighted by Gasteiger charge is -2.08. The predicted octanol–water partition coefficient (Wildman–Crippen LogP) is 3.91. The van der Waals surface area contributed by atoms with E-state index < -0.39 is 5.97 Å². The number of aliphatic hydroxyl groups is 1. The van der Waals surface area contributed by atoms with Gasteiger partial charge in [-0.1, -0.05) is 36.4 Å². The number of ether oxygens (including phenoxy) is 1. The lowest BCUT2D eigenvalue weighted by atomic mass is 10.0. The molecule has 0 spiro atoms. The second kappa shape index (κ2) is 9.73. The molecule has 0 heterocycles. The third-order valence-electron chi connectivity index (χ3n) is 3.82. The van der Waals surface area contributed by atoms with Crippen molar-refractivity contribution >= 4 is 5.97 Å². The number of aryl methyl sites for hydroxylation is 1. The average Bonchev–Trinajstić information content (AvgIpc) is 2.60. The third-order valence-corrected chi connectivity index (χ3v) is 3.82. The highest BCUT2D eigenvalue weighted by Crippen LogP contribution is 2.23. The van der Waals surface area contributed by atoms with Gasteiger partial charge in [0.25, 0.3) is 0 Å². The fourth-order valence-corrected chi connectivity index (χ4v) is 2.46. The topological polar surface area (TPSA) is 66.8 Å². The number of carbonyl (C=O) groups is 1. The van der Waals surface area contributed by atoms with E-state index in [4.69, 9.17) is 14.9 Å². The Balaban J connectivity index is 1.88. The van der Waals surface area contributed by atoms with Crippen LogP contribution in [-0.4, -0.2) is 29.4 Å². The normalized spacial score (nSPS) is 10.5. The van der Waals surface area contributed by atoms with E-state index in [0.717, 1.165) is 41.7 Å². The van der Waals surface area contributed by atoms with Crippen molar-refractivity contribution in [3.63, 3.8) is 0 Å². The second-order valence-corrected chi connectivity index (χ2v) is 5.75. The molecule has 4 heteroatoms. The molecule has 0 saturated carbocycles. The fourth-order valence-electron chi connectivity index (χ4n) is 2.46. The van der Waals surface area contributed by atoms with Gasteiger partial charge in [-0.25, -0.2) is 0 Å². The Morgan fingerprint density at radius 1 is 0.875 bits per heavy atom. The van der Waals surface area contributed by atoms with Gasteiger partial charge in [-0.2, -0.15) is 0 Å². The van der Waals surface area contributed by atoms with Crippen LogP contribution in [0.3, 0.4) is 0 Å². The van der Waals surface area contributed by atoms with Crippen LogP contribution in [0.1, 0.15) is 31.2 Å². The van der Waals surface area contributed by atoms with Gasteiger partial charge in [0.15, 0.2) is 0 Å². The minimum Gasteiger partial charge on any atom is -0.494 e. The first-order valence-electron chi connectivity index (χ1n) is 8.34. The van der Waals surface area contributed by atoms with Crippen LogP contribution in [0.25, 0.3) is 11.1 Å². The molecule has 0 atom stereocenters. The van der Waals surface area contributed by atoms with Crippen molar-refractivity contribution in [1.82, 2.24) is 0 Å². The van der Waals surface area contributed by atoms with Gasteiger partial charge in [-0.3, -0.25) is 4.79 Å². The molecule has 0 aliphatic carbocycles. The van der Waals surface area contributed by atoms with E-state index >= 15 is 0 Å². The van der Waals surface area contributed by atoms with Gasteiger partial charge >= 0.3 is 5.97 Å². The molecule has 0 bridgehead atoms. The van der Waals surface area contributed by atoms with Gasteiger partial charge in [-0.15, -0.1) is 0 Å². The number of carboxylic acids is 1. The summed E-state index contributed by atoms with van der Waals surface area (Å²) in [6.45, 7) is 0.819. The Morgan fingerprint density at radius 3 is 2.08 bits per heavy atom. The highest BCUT2D eigenvalue weighted by atomic mass is 16.5. The standard InChI is InChI=1S/C20H24O4/c21-14-1-2-15-24-19-12-10-18(11-13-19)17-8-6-16(7-9-17)4-3-5-20(22)23/h6-13,21H,1-5,14-15H2,(H,22,23). The average molecular weight is 328 g/mol. The fraction of sp³-hybridized carbons (Fsp3) is 0.350. The van der Waals surface area contributed by atoms with Crippen LogP contribution < -0.4 is 4.74 Å². The zero-order valence-electron chi connectivity index (χ0n) is 13.8. The smallest absolute Gasteiger partial charge is 0.303 e. The molecular formula is C20H24O4. The number of hydrogen-bond donors (Lipinski definition) is 2. The van der Waals surface area contributed by atoms with Crippen molar-refractivity contribution in [2.45, 2.75) is 32.1 Å². The maximum Gasteiger partial charge on any atom is 0.303 e. The van der Waals surface area contributed by atoms with Crippen molar-refractivity contribution in [3.05, 3.63) is 54.1 Å². The monoisotopic (exact) mass is 328 g/mol. The molecule has 2 aromatic carbocycles. The summed E-state index contributed by atoms with van der Waals surface area (Å²) in [6, 6.07) is 16.2. The van der Waals surface area contributed by atoms with Gasteiger partial charge in [0.1, 0.15) is 5.75 Å². The molecule has 0 aromatic heterocycles. The molecule has 24 heavy (non-hydrogen) atoms. The Kier molecular flexibility index (Phi) is 7.30. The molecule has 0 aliphatic heterocycles. The van der Waals surface area contributed by atoms with Crippen molar-refractivity contribution in [2.75, 3.05) is 13.2 Å². The summed E-state index contributed by atoms with van der Waals surface area (Å²) in [6.07, 6.45) is 3.27. The highest BCUT2D eigenvalue weighted by molar-refractivity contribution is 5.66. The van der Waals surface area contributed by atoms with Gasteiger partial charge < -0.3 is 14.9 Å². The van der Waals surface area contributed by atoms with E-state index in [0.29, 0.717) is 13.0 Å². The molecule has 2 rings (SSSR count). The first-order chi connectivity index (χ1) is 11.7. The van der Waals surface area contributed by atoms with Crippen LogP contribution >= 0.6 is 0 Å². The summed E-state index contributed by atoms with van der Waals surface area (Å²) in [7, 11) is 0. The SMILES string of the molecule is O=C(O)CCCc1ccc(-c2ccc(OCCCCO)cc2)cc1. The second-order valence-electron chi connectivity index (χ2n) is 5.75. The third kappa shape index (κ3) is 6.05. The van der Waals surface area contributed by atoms with E-state index in [-0.39, 0.29) is 13.0 Å². The number of rotatable bonds is 10. The first-order valence-corrected chi connectivity index (χ1v) is 8.34. The molecule has 0 fully saturated rings. The van der Waals surface area contributed by atoms with Crippen molar-refractivity contribution in [2.24, 2.45) is 0 Å². The quantitative estimate of drug-likeness (QED) is 0.649.